The largest absolute Gasteiger partial charge is 0.507 e. The van der Waals surface area contributed by atoms with Crippen molar-refractivity contribution in [3.05, 3.63) is 22.8 Å². The Balaban J connectivity index is 3.31. The molecule has 154 valence electrons. The Hall–Kier alpha value is -0.430. The van der Waals surface area contributed by atoms with Crippen molar-refractivity contribution in [3.8, 4) is 11.5 Å². The van der Waals surface area contributed by atoms with E-state index in [0.717, 1.165) is 0 Å². The fourth-order valence-electron chi connectivity index (χ4n) is 2.80. The summed E-state index contributed by atoms with van der Waals surface area (Å²) in [5, 5.41) is 21.4. The monoisotopic (exact) mass is 458 g/mol. The summed E-state index contributed by atoms with van der Waals surface area (Å²) in [5.74, 6) is 1.08. The highest BCUT2D eigenvalue weighted by atomic mass is 35.5. The molecule has 0 aromatic heterocycles. The number of hydrogen-bond acceptors (Lipinski definition) is 5. The minimum atomic E-state index is -0.280. The summed E-state index contributed by atoms with van der Waals surface area (Å²) >= 11 is 23.4. The number of phenols is 2. The number of alkyl halides is 4. The van der Waals surface area contributed by atoms with E-state index in [1.165, 1.54) is 13.0 Å². The highest BCUT2D eigenvalue weighted by molar-refractivity contribution is 6.18. The molecular formula is C18H26Cl4N2O3. The van der Waals surface area contributed by atoms with Crippen molar-refractivity contribution in [2.45, 2.75) is 20.0 Å². The van der Waals surface area contributed by atoms with Crippen molar-refractivity contribution in [1.29, 1.82) is 0 Å². The number of aromatic hydroxyl groups is 2. The summed E-state index contributed by atoms with van der Waals surface area (Å²) < 4.78 is 0. The Kier molecular flexibility index (Phi) is 11.8. The molecule has 0 fully saturated rings. The van der Waals surface area contributed by atoms with E-state index < -0.39 is 0 Å². The van der Waals surface area contributed by atoms with Gasteiger partial charge in [0.05, 0.1) is 11.1 Å². The van der Waals surface area contributed by atoms with Crippen LogP contribution in [0.25, 0.3) is 0 Å². The van der Waals surface area contributed by atoms with Gasteiger partial charge in [-0.05, 0) is 13.0 Å². The second-order valence-corrected chi connectivity index (χ2v) is 7.64. The number of halogens is 4. The molecule has 0 aliphatic heterocycles. The first-order valence-corrected chi connectivity index (χ1v) is 10.8. The molecule has 0 amide bonds. The average molecular weight is 460 g/mol. The minimum absolute atomic E-state index is 0.0409. The summed E-state index contributed by atoms with van der Waals surface area (Å²) in [6.45, 7) is 4.23. The maximum Gasteiger partial charge on any atom is 0.163 e. The second kappa shape index (κ2) is 12.9. The fraction of sp³-hybridized carbons (Fsp3) is 0.611. The van der Waals surface area contributed by atoms with E-state index in [2.05, 4.69) is 0 Å². The minimum Gasteiger partial charge on any atom is -0.507 e. The Morgan fingerprint density at radius 3 is 1.70 bits per heavy atom. The standard InChI is InChI=1S/C18H26Cl4N2O3/c1-13(25)15-10-14(11-23(6-2-19)7-3-20)17(26)16(18(15)27)12-24(8-4-21)9-5-22/h10,26-27H,2-9,11-12H2,1H3. The molecule has 0 spiro atoms. The smallest absolute Gasteiger partial charge is 0.163 e. The SMILES string of the molecule is CC(=O)c1cc(CN(CCCl)CCCl)c(O)c(CN(CCCl)CCCl)c1O. The third-order valence-corrected chi connectivity index (χ3v) is 4.88. The van der Waals surface area contributed by atoms with Crippen LogP contribution in [0.15, 0.2) is 6.07 Å². The quantitative estimate of drug-likeness (QED) is 0.346. The molecule has 1 aromatic rings. The zero-order chi connectivity index (χ0) is 20.4. The number of rotatable bonds is 13. The van der Waals surface area contributed by atoms with Crippen molar-refractivity contribution in [2.75, 3.05) is 49.7 Å². The van der Waals surface area contributed by atoms with Crippen LogP contribution in [0.3, 0.4) is 0 Å². The van der Waals surface area contributed by atoms with E-state index in [4.69, 9.17) is 46.4 Å². The van der Waals surface area contributed by atoms with Crippen molar-refractivity contribution in [2.24, 2.45) is 0 Å². The number of carbonyl (C=O) groups is 1. The molecule has 1 aromatic carbocycles. The van der Waals surface area contributed by atoms with Gasteiger partial charge in [-0.3, -0.25) is 14.6 Å². The maximum atomic E-state index is 12.0. The summed E-state index contributed by atoms with van der Waals surface area (Å²) in [6.07, 6.45) is 0. The summed E-state index contributed by atoms with van der Waals surface area (Å²) in [4.78, 5) is 15.9. The molecule has 5 nitrogen and oxygen atoms in total. The fourth-order valence-corrected chi connectivity index (χ4v) is 3.76. The van der Waals surface area contributed by atoms with Crippen LogP contribution in [-0.4, -0.2) is 75.5 Å². The predicted molar refractivity (Wildman–Crippen MR) is 113 cm³/mol. The van der Waals surface area contributed by atoms with Crippen LogP contribution in [0.5, 0.6) is 11.5 Å². The Labute approximate surface area is 180 Å². The van der Waals surface area contributed by atoms with Crippen LogP contribution in [0.2, 0.25) is 0 Å². The number of hydrogen-bond donors (Lipinski definition) is 2. The zero-order valence-corrected chi connectivity index (χ0v) is 18.4. The first kappa shape index (κ1) is 24.6. The Morgan fingerprint density at radius 2 is 1.30 bits per heavy atom. The van der Waals surface area contributed by atoms with Gasteiger partial charge >= 0.3 is 0 Å². The topological polar surface area (TPSA) is 64.0 Å². The summed E-state index contributed by atoms with van der Waals surface area (Å²) in [7, 11) is 0. The molecular weight excluding hydrogens is 434 g/mol. The van der Waals surface area contributed by atoms with Gasteiger partial charge < -0.3 is 10.2 Å². The third-order valence-electron chi connectivity index (χ3n) is 4.21. The molecule has 0 bridgehead atoms. The van der Waals surface area contributed by atoms with Crippen molar-refractivity contribution in [1.82, 2.24) is 9.80 Å². The van der Waals surface area contributed by atoms with Gasteiger partial charge in [0, 0.05) is 68.4 Å². The lowest BCUT2D eigenvalue weighted by molar-refractivity contribution is 0.101. The highest BCUT2D eigenvalue weighted by Crippen LogP contribution is 2.36. The predicted octanol–water partition coefficient (Wildman–Crippen LogP) is 3.86. The molecule has 27 heavy (non-hydrogen) atoms. The summed E-state index contributed by atoms with van der Waals surface area (Å²) in [5.41, 5.74) is 1.01. The van der Waals surface area contributed by atoms with Crippen LogP contribution in [0, 0.1) is 0 Å². The van der Waals surface area contributed by atoms with E-state index in [1.54, 1.807) is 0 Å². The van der Waals surface area contributed by atoms with Crippen LogP contribution in [-0.2, 0) is 13.1 Å². The van der Waals surface area contributed by atoms with Gasteiger partial charge in [0.25, 0.3) is 0 Å². The molecule has 0 unspecified atom stereocenters. The van der Waals surface area contributed by atoms with Crippen LogP contribution in [0.4, 0.5) is 0 Å². The number of carbonyl (C=O) groups excluding carboxylic acids is 1. The number of nitrogens with zero attached hydrogens (tertiary/aromatic N) is 2. The molecule has 0 saturated carbocycles. The zero-order valence-electron chi connectivity index (χ0n) is 15.4. The van der Waals surface area contributed by atoms with Gasteiger partial charge in [0.15, 0.2) is 5.78 Å². The number of ketones is 1. The molecule has 0 atom stereocenters. The lowest BCUT2D eigenvalue weighted by Crippen LogP contribution is -2.29. The van der Waals surface area contributed by atoms with Gasteiger partial charge in [-0.15, -0.1) is 46.4 Å². The highest BCUT2D eigenvalue weighted by Gasteiger charge is 2.22. The second-order valence-electron chi connectivity index (χ2n) is 6.12. The Morgan fingerprint density at radius 1 is 0.852 bits per heavy atom. The van der Waals surface area contributed by atoms with Gasteiger partial charge in [-0.2, -0.15) is 0 Å². The number of Topliss-reactive ketones (excluding diaryl/α,β-unsaturated/α-hetero) is 1. The van der Waals surface area contributed by atoms with E-state index in [9.17, 15) is 15.0 Å². The van der Waals surface area contributed by atoms with Crippen molar-refractivity contribution >= 4 is 52.2 Å². The number of benzene rings is 1. The lowest BCUT2D eigenvalue weighted by atomic mass is 9.99. The molecule has 0 saturated heterocycles. The molecule has 9 heteroatoms. The average Bonchev–Trinajstić information content (AvgIpc) is 2.61. The lowest BCUT2D eigenvalue weighted by Gasteiger charge is -2.25. The van der Waals surface area contributed by atoms with Crippen LogP contribution < -0.4 is 0 Å². The van der Waals surface area contributed by atoms with Crippen LogP contribution in [0.1, 0.15) is 28.4 Å². The molecule has 1 rings (SSSR count). The van der Waals surface area contributed by atoms with Gasteiger partial charge in [-0.25, -0.2) is 0 Å². The third kappa shape index (κ3) is 7.48. The summed E-state index contributed by atoms with van der Waals surface area (Å²) in [6, 6.07) is 1.53. The molecule has 2 N–H and O–H groups in total. The van der Waals surface area contributed by atoms with Crippen molar-refractivity contribution in [3.63, 3.8) is 0 Å². The van der Waals surface area contributed by atoms with Gasteiger partial charge in [-0.1, -0.05) is 0 Å². The number of phenolic OH excluding ortho intramolecular Hbond substituents is 2. The van der Waals surface area contributed by atoms with Crippen molar-refractivity contribution < 1.29 is 15.0 Å². The Bertz CT molecular complexity index is 605. The van der Waals surface area contributed by atoms with Crippen LogP contribution >= 0.6 is 46.4 Å². The van der Waals surface area contributed by atoms with E-state index in [0.29, 0.717) is 67.4 Å². The van der Waals surface area contributed by atoms with Gasteiger partial charge in [0.1, 0.15) is 11.5 Å². The van der Waals surface area contributed by atoms with E-state index in [1.807, 2.05) is 9.80 Å². The van der Waals surface area contributed by atoms with E-state index >= 15 is 0 Å². The molecule has 0 aliphatic carbocycles. The maximum absolute atomic E-state index is 12.0. The normalized spacial score (nSPS) is 11.5. The first-order valence-electron chi connectivity index (χ1n) is 8.65. The van der Waals surface area contributed by atoms with E-state index in [-0.39, 0.29) is 29.4 Å². The van der Waals surface area contributed by atoms with Gasteiger partial charge in [0.2, 0.25) is 0 Å². The first-order chi connectivity index (χ1) is 12.9. The molecule has 0 heterocycles. The molecule has 0 radical (unpaired) electrons. The molecule has 0 aliphatic rings.